The number of nitrogens with one attached hydrogen (secondary N) is 1. The van der Waals surface area contributed by atoms with Crippen molar-refractivity contribution in [2.45, 2.75) is 12.5 Å². The standard InChI is InChI=1S/C12H13F3N2/c13-8-3-9(14)12(10(15)4-8)17-5-7-1-2-16-11(7)6-17/h3-4,7,11,16H,1-2,5-6H2. The van der Waals surface area contributed by atoms with Gasteiger partial charge in [-0.25, -0.2) is 13.2 Å². The SMILES string of the molecule is Fc1cc(F)c(N2CC3CCNC3C2)c(F)c1. The minimum Gasteiger partial charge on any atom is -0.365 e. The molecule has 5 heteroatoms. The summed E-state index contributed by atoms with van der Waals surface area (Å²) in [6.07, 6.45) is 1.03. The summed E-state index contributed by atoms with van der Waals surface area (Å²) in [5.74, 6) is -2.06. The Labute approximate surface area is 97.4 Å². The zero-order chi connectivity index (χ0) is 12.0. The van der Waals surface area contributed by atoms with Gasteiger partial charge in [0.25, 0.3) is 0 Å². The van der Waals surface area contributed by atoms with Gasteiger partial charge in [-0.05, 0) is 18.9 Å². The van der Waals surface area contributed by atoms with Crippen molar-refractivity contribution in [3.63, 3.8) is 0 Å². The summed E-state index contributed by atoms with van der Waals surface area (Å²) in [6.45, 7) is 2.19. The zero-order valence-corrected chi connectivity index (χ0v) is 9.22. The Morgan fingerprint density at radius 1 is 1.12 bits per heavy atom. The summed E-state index contributed by atoms with van der Waals surface area (Å²) in [5.41, 5.74) is -0.0948. The molecule has 2 nitrogen and oxygen atoms in total. The van der Waals surface area contributed by atoms with Gasteiger partial charge in [0, 0.05) is 31.3 Å². The van der Waals surface area contributed by atoms with Gasteiger partial charge in [0.15, 0.2) is 11.6 Å². The Hall–Kier alpha value is -1.23. The second-order valence-corrected chi connectivity index (χ2v) is 4.73. The highest BCUT2D eigenvalue weighted by atomic mass is 19.1. The van der Waals surface area contributed by atoms with E-state index < -0.39 is 17.5 Å². The summed E-state index contributed by atoms with van der Waals surface area (Å²) in [7, 11) is 0. The van der Waals surface area contributed by atoms with E-state index in [1.807, 2.05) is 0 Å². The van der Waals surface area contributed by atoms with Crippen LogP contribution in [0.3, 0.4) is 0 Å². The van der Waals surface area contributed by atoms with E-state index in [-0.39, 0.29) is 5.69 Å². The van der Waals surface area contributed by atoms with Gasteiger partial charge < -0.3 is 10.2 Å². The molecular weight excluding hydrogens is 229 g/mol. The average Bonchev–Trinajstić information content (AvgIpc) is 2.75. The zero-order valence-electron chi connectivity index (χ0n) is 9.22. The number of nitrogens with zero attached hydrogens (tertiary/aromatic N) is 1. The molecule has 2 atom stereocenters. The first-order valence-corrected chi connectivity index (χ1v) is 5.78. The Bertz CT molecular complexity index is 414. The quantitative estimate of drug-likeness (QED) is 0.809. The van der Waals surface area contributed by atoms with Gasteiger partial charge in [-0.15, -0.1) is 0 Å². The van der Waals surface area contributed by atoms with Crippen molar-refractivity contribution in [1.82, 2.24) is 5.32 Å². The minimum absolute atomic E-state index is 0.0948. The average molecular weight is 242 g/mol. The third kappa shape index (κ3) is 1.78. The van der Waals surface area contributed by atoms with Gasteiger partial charge in [0.05, 0.1) is 0 Å². The number of fused-ring (bicyclic) bond motifs is 1. The Morgan fingerprint density at radius 2 is 1.82 bits per heavy atom. The number of hydrogen-bond donors (Lipinski definition) is 1. The fourth-order valence-corrected chi connectivity index (χ4v) is 2.87. The van der Waals surface area contributed by atoms with Crippen molar-refractivity contribution < 1.29 is 13.2 Å². The lowest BCUT2D eigenvalue weighted by atomic mass is 10.1. The number of halogens is 3. The third-order valence-corrected chi connectivity index (χ3v) is 3.66. The smallest absolute Gasteiger partial charge is 0.152 e. The maximum Gasteiger partial charge on any atom is 0.152 e. The second-order valence-electron chi connectivity index (χ2n) is 4.73. The van der Waals surface area contributed by atoms with Gasteiger partial charge in [-0.3, -0.25) is 0 Å². The van der Waals surface area contributed by atoms with Gasteiger partial charge in [-0.2, -0.15) is 0 Å². The molecule has 1 aromatic carbocycles. The van der Waals surface area contributed by atoms with E-state index >= 15 is 0 Å². The molecule has 2 aliphatic heterocycles. The van der Waals surface area contributed by atoms with E-state index in [0.29, 0.717) is 25.0 Å². The topological polar surface area (TPSA) is 15.3 Å². The molecule has 2 heterocycles. The van der Waals surface area contributed by atoms with Crippen molar-refractivity contribution in [2.24, 2.45) is 5.92 Å². The monoisotopic (exact) mass is 242 g/mol. The van der Waals surface area contributed by atoms with E-state index in [2.05, 4.69) is 5.32 Å². The molecule has 17 heavy (non-hydrogen) atoms. The van der Waals surface area contributed by atoms with Gasteiger partial charge >= 0.3 is 0 Å². The van der Waals surface area contributed by atoms with Crippen molar-refractivity contribution >= 4 is 5.69 Å². The van der Waals surface area contributed by atoms with Crippen LogP contribution in [0.4, 0.5) is 18.9 Å². The first-order valence-electron chi connectivity index (χ1n) is 5.78. The first-order chi connectivity index (χ1) is 8.15. The highest BCUT2D eigenvalue weighted by Gasteiger charge is 2.37. The molecule has 0 aromatic heterocycles. The number of hydrogen-bond acceptors (Lipinski definition) is 2. The van der Waals surface area contributed by atoms with Crippen LogP contribution in [0, 0.1) is 23.4 Å². The molecule has 1 N–H and O–H groups in total. The number of benzene rings is 1. The van der Waals surface area contributed by atoms with Crippen molar-refractivity contribution in [3.05, 3.63) is 29.6 Å². The maximum atomic E-state index is 13.6. The summed E-state index contributed by atoms with van der Waals surface area (Å²) in [5, 5.41) is 3.31. The van der Waals surface area contributed by atoms with Crippen LogP contribution in [-0.4, -0.2) is 25.7 Å². The molecule has 0 radical (unpaired) electrons. The van der Waals surface area contributed by atoms with E-state index in [9.17, 15) is 13.2 Å². The van der Waals surface area contributed by atoms with E-state index in [1.165, 1.54) is 0 Å². The predicted octanol–water partition coefficient (Wildman–Crippen LogP) is 1.90. The lowest BCUT2D eigenvalue weighted by Crippen LogP contribution is -2.30. The Balaban J connectivity index is 1.90. The Kier molecular flexibility index (Phi) is 2.50. The third-order valence-electron chi connectivity index (χ3n) is 3.66. The molecule has 0 spiro atoms. The van der Waals surface area contributed by atoms with E-state index in [1.54, 1.807) is 4.90 Å². The van der Waals surface area contributed by atoms with Gasteiger partial charge in [0.2, 0.25) is 0 Å². The predicted molar refractivity (Wildman–Crippen MR) is 58.4 cm³/mol. The van der Waals surface area contributed by atoms with Crippen molar-refractivity contribution in [2.75, 3.05) is 24.5 Å². The molecule has 1 aromatic rings. The van der Waals surface area contributed by atoms with Crippen molar-refractivity contribution in [1.29, 1.82) is 0 Å². The summed E-state index contributed by atoms with van der Waals surface area (Å²) >= 11 is 0. The number of rotatable bonds is 1. The normalized spacial score (nSPS) is 27.6. The highest BCUT2D eigenvalue weighted by molar-refractivity contribution is 5.51. The second kappa shape index (κ2) is 3.91. The molecule has 2 fully saturated rings. The molecule has 0 bridgehead atoms. The van der Waals surface area contributed by atoms with Crippen LogP contribution in [-0.2, 0) is 0 Å². The van der Waals surface area contributed by atoms with Gasteiger partial charge in [-0.1, -0.05) is 0 Å². The number of anilines is 1. The van der Waals surface area contributed by atoms with Crippen LogP contribution in [0.15, 0.2) is 12.1 Å². The molecule has 92 valence electrons. The molecule has 3 rings (SSSR count). The van der Waals surface area contributed by atoms with Crippen LogP contribution >= 0.6 is 0 Å². The van der Waals surface area contributed by atoms with Crippen molar-refractivity contribution in [3.8, 4) is 0 Å². The molecule has 0 amide bonds. The minimum atomic E-state index is -0.874. The molecule has 0 saturated carbocycles. The van der Waals surface area contributed by atoms with Gasteiger partial charge in [0.1, 0.15) is 11.5 Å². The van der Waals surface area contributed by atoms with E-state index in [4.69, 9.17) is 0 Å². The summed E-state index contributed by atoms with van der Waals surface area (Å²) in [6, 6.07) is 1.78. The molecular formula is C12H13F3N2. The largest absolute Gasteiger partial charge is 0.365 e. The van der Waals surface area contributed by atoms with Crippen LogP contribution in [0.1, 0.15) is 6.42 Å². The van der Waals surface area contributed by atoms with Crippen LogP contribution in [0.25, 0.3) is 0 Å². The summed E-state index contributed by atoms with van der Waals surface area (Å²) < 4.78 is 40.0. The Morgan fingerprint density at radius 3 is 2.47 bits per heavy atom. The molecule has 2 aliphatic rings. The fourth-order valence-electron chi connectivity index (χ4n) is 2.87. The van der Waals surface area contributed by atoms with Crippen LogP contribution in [0.5, 0.6) is 0 Å². The fraction of sp³-hybridized carbons (Fsp3) is 0.500. The lowest BCUT2D eigenvalue weighted by molar-refractivity contribution is 0.538. The molecule has 0 aliphatic carbocycles. The highest BCUT2D eigenvalue weighted by Crippen LogP contribution is 2.32. The molecule has 2 unspecified atom stereocenters. The molecule has 2 saturated heterocycles. The van der Waals surface area contributed by atoms with Crippen LogP contribution < -0.4 is 10.2 Å². The lowest BCUT2D eigenvalue weighted by Gasteiger charge is -2.20. The maximum absolute atomic E-state index is 13.6. The van der Waals surface area contributed by atoms with E-state index in [0.717, 1.165) is 25.1 Å². The first kappa shape index (κ1) is 10.9. The van der Waals surface area contributed by atoms with Crippen LogP contribution in [0.2, 0.25) is 0 Å². The summed E-state index contributed by atoms with van der Waals surface area (Å²) in [4.78, 5) is 1.67.